The van der Waals surface area contributed by atoms with E-state index in [-0.39, 0.29) is 11.9 Å². The van der Waals surface area contributed by atoms with Crippen molar-refractivity contribution in [1.29, 1.82) is 0 Å². The van der Waals surface area contributed by atoms with Gasteiger partial charge in [-0.3, -0.25) is 9.69 Å². The molecule has 4 nitrogen and oxygen atoms in total. The Labute approximate surface area is 129 Å². The molecule has 1 aromatic carbocycles. The summed E-state index contributed by atoms with van der Waals surface area (Å²) in [7, 11) is 0. The summed E-state index contributed by atoms with van der Waals surface area (Å²) in [5, 5.41) is 3.66. The molecule has 0 radical (unpaired) electrons. The Balaban J connectivity index is 1.93. The molecule has 3 N–H and O–H groups in total. The van der Waals surface area contributed by atoms with E-state index in [2.05, 4.69) is 17.1 Å². The third-order valence-electron chi connectivity index (χ3n) is 3.65. The van der Waals surface area contributed by atoms with Crippen molar-refractivity contribution in [3.05, 3.63) is 28.2 Å². The van der Waals surface area contributed by atoms with Crippen LogP contribution < -0.4 is 11.1 Å². The van der Waals surface area contributed by atoms with Gasteiger partial charge in [-0.15, -0.1) is 0 Å². The number of amides is 1. The molecule has 6 heteroatoms. The van der Waals surface area contributed by atoms with Gasteiger partial charge >= 0.3 is 0 Å². The van der Waals surface area contributed by atoms with Gasteiger partial charge in [-0.05, 0) is 24.5 Å². The maximum atomic E-state index is 12.1. The van der Waals surface area contributed by atoms with Crippen molar-refractivity contribution < 1.29 is 4.79 Å². The zero-order valence-corrected chi connectivity index (χ0v) is 12.9. The van der Waals surface area contributed by atoms with Crippen molar-refractivity contribution >= 4 is 34.8 Å². The number of nitrogens with zero attached hydrogens (tertiary/aromatic N) is 1. The monoisotopic (exact) mass is 315 g/mol. The van der Waals surface area contributed by atoms with Crippen LogP contribution in [-0.4, -0.2) is 36.5 Å². The number of halogens is 2. The summed E-state index contributed by atoms with van der Waals surface area (Å²) in [6, 6.07) is 5.37. The van der Waals surface area contributed by atoms with E-state index in [9.17, 15) is 4.79 Å². The van der Waals surface area contributed by atoms with E-state index in [0.717, 1.165) is 19.5 Å². The quantitative estimate of drug-likeness (QED) is 0.901. The smallest absolute Gasteiger partial charge is 0.238 e. The fraction of sp³-hybridized carbons (Fsp3) is 0.500. The number of carbonyl (C=O) groups is 1. The number of benzene rings is 1. The normalized spacial score (nSPS) is 23.6. The van der Waals surface area contributed by atoms with E-state index in [4.69, 9.17) is 28.9 Å². The molecule has 1 aromatic rings. The molecule has 20 heavy (non-hydrogen) atoms. The molecule has 2 unspecified atom stereocenters. The molecule has 0 saturated carbocycles. The Morgan fingerprint density at radius 2 is 2.10 bits per heavy atom. The molecular formula is C14H19Cl2N3O. The van der Waals surface area contributed by atoms with Crippen molar-refractivity contribution in [2.75, 3.05) is 25.0 Å². The van der Waals surface area contributed by atoms with E-state index in [0.29, 0.717) is 28.2 Å². The van der Waals surface area contributed by atoms with Gasteiger partial charge in [0.05, 0.1) is 22.3 Å². The highest BCUT2D eigenvalue weighted by molar-refractivity contribution is 6.39. The SMILES string of the molecule is CC1CN(CC(=O)Nc2c(Cl)cccc2Cl)CCC1N. The lowest BCUT2D eigenvalue weighted by molar-refractivity contribution is -0.117. The molecular weight excluding hydrogens is 297 g/mol. The number of para-hydroxylation sites is 1. The molecule has 2 rings (SSSR count). The van der Waals surface area contributed by atoms with Gasteiger partial charge in [0.25, 0.3) is 0 Å². The predicted molar refractivity (Wildman–Crippen MR) is 83.3 cm³/mol. The molecule has 2 atom stereocenters. The number of piperidine rings is 1. The van der Waals surface area contributed by atoms with Gasteiger partial charge < -0.3 is 11.1 Å². The van der Waals surface area contributed by atoms with Crippen LogP contribution in [0.2, 0.25) is 10.0 Å². The molecule has 1 aliphatic heterocycles. The summed E-state index contributed by atoms with van der Waals surface area (Å²) >= 11 is 12.1. The molecule has 1 heterocycles. The van der Waals surface area contributed by atoms with Gasteiger partial charge in [0.15, 0.2) is 0 Å². The molecule has 0 spiro atoms. The predicted octanol–water partition coefficient (Wildman–Crippen LogP) is 2.60. The fourth-order valence-corrected chi connectivity index (χ4v) is 2.88. The summed E-state index contributed by atoms with van der Waals surface area (Å²) in [6.45, 7) is 4.12. The molecule has 1 aliphatic rings. The summed E-state index contributed by atoms with van der Waals surface area (Å²) in [5.74, 6) is 0.295. The van der Waals surface area contributed by atoms with Crippen LogP contribution in [0.1, 0.15) is 13.3 Å². The molecule has 1 saturated heterocycles. The lowest BCUT2D eigenvalue weighted by Crippen LogP contribution is -2.48. The third kappa shape index (κ3) is 3.85. The summed E-state index contributed by atoms with van der Waals surface area (Å²) in [4.78, 5) is 14.2. The van der Waals surface area contributed by atoms with E-state index in [1.54, 1.807) is 18.2 Å². The van der Waals surface area contributed by atoms with Crippen molar-refractivity contribution in [2.45, 2.75) is 19.4 Å². The van der Waals surface area contributed by atoms with Crippen LogP contribution in [-0.2, 0) is 4.79 Å². The van der Waals surface area contributed by atoms with E-state index in [1.807, 2.05) is 0 Å². The van der Waals surface area contributed by atoms with Gasteiger partial charge in [0.1, 0.15) is 0 Å². The Hall–Kier alpha value is -0.810. The maximum absolute atomic E-state index is 12.1. The van der Waals surface area contributed by atoms with Crippen LogP contribution in [0.15, 0.2) is 18.2 Å². The van der Waals surface area contributed by atoms with Crippen LogP contribution >= 0.6 is 23.2 Å². The largest absolute Gasteiger partial charge is 0.327 e. The van der Waals surface area contributed by atoms with Crippen LogP contribution in [0.25, 0.3) is 0 Å². The topological polar surface area (TPSA) is 58.4 Å². The van der Waals surface area contributed by atoms with Crippen LogP contribution in [0, 0.1) is 5.92 Å². The maximum Gasteiger partial charge on any atom is 0.238 e. The van der Waals surface area contributed by atoms with E-state index >= 15 is 0 Å². The zero-order valence-electron chi connectivity index (χ0n) is 11.4. The standard InChI is InChI=1S/C14H19Cl2N3O/c1-9-7-19(6-5-12(9)17)8-13(20)18-14-10(15)3-2-4-11(14)16/h2-4,9,12H,5-8,17H2,1H3,(H,18,20). The first kappa shape index (κ1) is 15.6. The highest BCUT2D eigenvalue weighted by Crippen LogP contribution is 2.29. The summed E-state index contributed by atoms with van der Waals surface area (Å²) < 4.78 is 0. The molecule has 0 bridgehead atoms. The molecule has 110 valence electrons. The third-order valence-corrected chi connectivity index (χ3v) is 4.28. The minimum atomic E-state index is -0.109. The average molecular weight is 316 g/mol. The summed E-state index contributed by atoms with van der Waals surface area (Å²) in [5.41, 5.74) is 6.45. The number of hydrogen-bond donors (Lipinski definition) is 2. The second kappa shape index (κ2) is 6.76. The molecule has 0 aromatic heterocycles. The number of nitrogens with two attached hydrogens (primary N) is 1. The van der Waals surface area contributed by atoms with Gasteiger partial charge in [0.2, 0.25) is 5.91 Å². The van der Waals surface area contributed by atoms with Gasteiger partial charge in [-0.2, -0.15) is 0 Å². The van der Waals surface area contributed by atoms with Crippen molar-refractivity contribution in [1.82, 2.24) is 4.90 Å². The molecule has 1 fully saturated rings. The Morgan fingerprint density at radius 1 is 1.45 bits per heavy atom. The number of likely N-dealkylation sites (tertiary alicyclic amines) is 1. The Morgan fingerprint density at radius 3 is 2.70 bits per heavy atom. The van der Waals surface area contributed by atoms with Gasteiger partial charge in [-0.1, -0.05) is 36.2 Å². The van der Waals surface area contributed by atoms with Crippen LogP contribution in [0.4, 0.5) is 5.69 Å². The average Bonchev–Trinajstić information content (AvgIpc) is 2.38. The molecule has 0 aliphatic carbocycles. The lowest BCUT2D eigenvalue weighted by Gasteiger charge is -2.34. The highest BCUT2D eigenvalue weighted by atomic mass is 35.5. The first-order valence-electron chi connectivity index (χ1n) is 6.69. The highest BCUT2D eigenvalue weighted by Gasteiger charge is 2.24. The van der Waals surface area contributed by atoms with Crippen molar-refractivity contribution in [2.24, 2.45) is 11.7 Å². The van der Waals surface area contributed by atoms with Gasteiger partial charge in [-0.25, -0.2) is 0 Å². The number of hydrogen-bond acceptors (Lipinski definition) is 3. The van der Waals surface area contributed by atoms with E-state index in [1.165, 1.54) is 0 Å². The van der Waals surface area contributed by atoms with Crippen molar-refractivity contribution in [3.63, 3.8) is 0 Å². The second-order valence-corrected chi connectivity index (χ2v) is 6.12. The Kier molecular flexibility index (Phi) is 5.27. The first-order valence-corrected chi connectivity index (χ1v) is 7.44. The minimum Gasteiger partial charge on any atom is -0.327 e. The van der Waals surface area contributed by atoms with E-state index < -0.39 is 0 Å². The fourth-order valence-electron chi connectivity index (χ4n) is 2.39. The first-order chi connectivity index (χ1) is 9.47. The number of nitrogens with one attached hydrogen (secondary N) is 1. The zero-order chi connectivity index (χ0) is 14.7. The van der Waals surface area contributed by atoms with Crippen LogP contribution in [0.5, 0.6) is 0 Å². The second-order valence-electron chi connectivity index (χ2n) is 5.31. The lowest BCUT2D eigenvalue weighted by atomic mass is 9.95. The van der Waals surface area contributed by atoms with Crippen molar-refractivity contribution in [3.8, 4) is 0 Å². The Bertz CT molecular complexity index is 475. The van der Waals surface area contributed by atoms with Crippen LogP contribution in [0.3, 0.4) is 0 Å². The number of carbonyl (C=O) groups excluding carboxylic acids is 1. The minimum absolute atomic E-state index is 0.109. The summed E-state index contributed by atoms with van der Waals surface area (Å²) in [6.07, 6.45) is 0.918. The molecule has 1 amide bonds. The number of anilines is 1. The van der Waals surface area contributed by atoms with Gasteiger partial charge in [0, 0.05) is 19.1 Å². The number of rotatable bonds is 3.